The smallest absolute Gasteiger partial charge is 0.412 e. The highest BCUT2D eigenvalue weighted by Crippen LogP contribution is 2.37. The third-order valence-corrected chi connectivity index (χ3v) is 7.49. The fraction of sp³-hybridized carbons (Fsp3) is 0.400. The topological polar surface area (TPSA) is 87.8 Å². The molecule has 0 aliphatic heterocycles. The molecule has 6 nitrogen and oxygen atoms in total. The van der Waals surface area contributed by atoms with Crippen molar-refractivity contribution in [2.75, 3.05) is 18.1 Å². The Labute approximate surface area is 245 Å². The Balaban J connectivity index is 1.49. The number of rotatable bonds is 11. The molecule has 41 heavy (non-hydrogen) atoms. The molecule has 0 unspecified atom stereocenters. The van der Waals surface area contributed by atoms with E-state index in [1.807, 2.05) is 54.6 Å². The van der Waals surface area contributed by atoms with Crippen LogP contribution in [0.25, 0.3) is 17.2 Å². The van der Waals surface area contributed by atoms with E-state index in [2.05, 4.69) is 56.4 Å². The molecule has 3 aromatic rings. The molecule has 0 saturated heterocycles. The minimum atomic E-state index is -0.901. The Morgan fingerprint density at radius 2 is 1.73 bits per heavy atom. The predicted octanol–water partition coefficient (Wildman–Crippen LogP) is 7.52. The first-order valence-electron chi connectivity index (χ1n) is 14.8. The minimum absolute atomic E-state index is 0.0469. The molecule has 218 valence electrons. The molecular formula is C35H45N3O3. The second kappa shape index (κ2) is 14.3. The van der Waals surface area contributed by atoms with Crippen molar-refractivity contribution in [1.82, 2.24) is 5.32 Å². The number of nitrogens with zero attached hydrogens (tertiary/aromatic N) is 1. The molecule has 1 saturated carbocycles. The second-order valence-corrected chi connectivity index (χ2v) is 11.9. The van der Waals surface area contributed by atoms with E-state index in [0.29, 0.717) is 19.2 Å². The first kappa shape index (κ1) is 30.4. The van der Waals surface area contributed by atoms with Crippen LogP contribution in [0, 0.1) is 0 Å². The maximum absolute atomic E-state index is 12.8. The summed E-state index contributed by atoms with van der Waals surface area (Å²) in [6.45, 7) is 7.75. The average molecular weight is 556 g/mol. The molecule has 0 bridgehead atoms. The lowest BCUT2D eigenvalue weighted by molar-refractivity contribution is 0.193. The normalized spacial score (nSPS) is 17.5. The molecule has 6 heteroatoms. The van der Waals surface area contributed by atoms with E-state index in [1.165, 1.54) is 5.56 Å². The van der Waals surface area contributed by atoms with Crippen molar-refractivity contribution in [1.29, 1.82) is 0 Å². The maximum atomic E-state index is 12.8. The number of hydrogen-bond donors (Lipinski definition) is 3. The van der Waals surface area contributed by atoms with Crippen molar-refractivity contribution in [3.8, 4) is 16.9 Å². The Morgan fingerprint density at radius 1 is 1.02 bits per heavy atom. The van der Waals surface area contributed by atoms with Gasteiger partial charge in [0.1, 0.15) is 5.75 Å². The average Bonchev–Trinajstić information content (AvgIpc) is 2.95. The van der Waals surface area contributed by atoms with Gasteiger partial charge in [0.25, 0.3) is 0 Å². The van der Waals surface area contributed by atoms with Gasteiger partial charge >= 0.3 is 6.09 Å². The van der Waals surface area contributed by atoms with Crippen LogP contribution < -0.4 is 20.7 Å². The Kier molecular flexibility index (Phi) is 10.6. The number of anilines is 1. The molecule has 0 spiro atoms. The standard InChI is InChI=1S/C35H45N3O3/c1-35(2,3)37-29-15-17-30(18-16-29)38(34(39)40)33-25-27(14-21-32(33)28-10-5-4-6-11-28)9-7-8-24-41-31-19-12-26(13-20-31)22-23-36/h4-7,9-14,19-21,25,29-30,37H,8,15-18,22-24,36H2,1-3H3,(H,39,40). The summed E-state index contributed by atoms with van der Waals surface area (Å²) in [5.74, 6) is 0.846. The highest BCUT2D eigenvalue weighted by atomic mass is 16.5. The van der Waals surface area contributed by atoms with Crippen molar-refractivity contribution < 1.29 is 14.6 Å². The zero-order chi connectivity index (χ0) is 29.2. The number of amides is 1. The third kappa shape index (κ3) is 8.94. The highest BCUT2D eigenvalue weighted by Gasteiger charge is 2.32. The van der Waals surface area contributed by atoms with E-state index in [0.717, 1.165) is 66.7 Å². The van der Waals surface area contributed by atoms with Crippen LogP contribution in [0.1, 0.15) is 64.0 Å². The lowest BCUT2D eigenvalue weighted by Gasteiger charge is -2.38. The Morgan fingerprint density at radius 3 is 2.37 bits per heavy atom. The number of hydrogen-bond acceptors (Lipinski definition) is 4. The fourth-order valence-corrected chi connectivity index (χ4v) is 5.64. The lowest BCUT2D eigenvalue weighted by atomic mass is 9.88. The van der Waals surface area contributed by atoms with Gasteiger partial charge in [-0.05, 0) is 101 Å². The number of carbonyl (C=O) groups is 1. The third-order valence-electron chi connectivity index (χ3n) is 7.49. The summed E-state index contributed by atoms with van der Waals surface area (Å²) in [5.41, 5.74) is 10.5. The van der Waals surface area contributed by atoms with Crippen LogP contribution in [0.4, 0.5) is 10.5 Å². The lowest BCUT2D eigenvalue weighted by Crippen LogP contribution is -2.49. The van der Waals surface area contributed by atoms with Gasteiger partial charge in [-0.1, -0.05) is 66.7 Å². The zero-order valence-corrected chi connectivity index (χ0v) is 24.7. The molecule has 1 fully saturated rings. The maximum Gasteiger partial charge on any atom is 0.412 e. The van der Waals surface area contributed by atoms with E-state index in [1.54, 1.807) is 4.90 Å². The molecular weight excluding hydrogens is 510 g/mol. The summed E-state index contributed by atoms with van der Waals surface area (Å²) in [7, 11) is 0. The monoisotopic (exact) mass is 555 g/mol. The molecule has 1 aliphatic rings. The summed E-state index contributed by atoms with van der Waals surface area (Å²) in [6, 6.07) is 24.6. The molecule has 0 heterocycles. The van der Waals surface area contributed by atoms with E-state index in [4.69, 9.17) is 10.5 Å². The fourth-order valence-electron chi connectivity index (χ4n) is 5.64. The summed E-state index contributed by atoms with van der Waals surface area (Å²) < 4.78 is 5.89. The molecule has 0 radical (unpaired) electrons. The molecule has 0 atom stereocenters. The van der Waals surface area contributed by atoms with Gasteiger partial charge in [-0.15, -0.1) is 0 Å². The van der Waals surface area contributed by atoms with Crippen molar-refractivity contribution in [2.24, 2.45) is 5.73 Å². The van der Waals surface area contributed by atoms with E-state index in [9.17, 15) is 9.90 Å². The van der Waals surface area contributed by atoms with Crippen LogP contribution in [0.3, 0.4) is 0 Å². The SMILES string of the molecule is CC(C)(C)NC1CCC(N(C(=O)O)c2cc(C=CCCOc3ccc(CCN)cc3)ccc2-c2ccccc2)CC1. The van der Waals surface area contributed by atoms with Crippen LogP contribution in [0.15, 0.2) is 78.9 Å². The van der Waals surface area contributed by atoms with Gasteiger partial charge < -0.3 is 20.9 Å². The van der Waals surface area contributed by atoms with E-state index < -0.39 is 6.09 Å². The number of carboxylic acid groups (broad SMARTS) is 1. The molecule has 1 aliphatic carbocycles. The van der Waals surface area contributed by atoms with Gasteiger partial charge in [-0.2, -0.15) is 0 Å². The van der Waals surface area contributed by atoms with Crippen molar-refractivity contribution >= 4 is 17.9 Å². The minimum Gasteiger partial charge on any atom is -0.493 e. The quantitative estimate of drug-likeness (QED) is 0.213. The Hall–Kier alpha value is -3.61. The number of ether oxygens (including phenoxy) is 1. The van der Waals surface area contributed by atoms with Crippen molar-refractivity contribution in [2.45, 2.75) is 76.9 Å². The van der Waals surface area contributed by atoms with Crippen LogP contribution in [0.5, 0.6) is 5.75 Å². The first-order valence-corrected chi connectivity index (χ1v) is 14.8. The van der Waals surface area contributed by atoms with Crippen LogP contribution in [0.2, 0.25) is 0 Å². The van der Waals surface area contributed by atoms with Gasteiger partial charge in [-0.25, -0.2) is 4.79 Å². The zero-order valence-electron chi connectivity index (χ0n) is 24.7. The van der Waals surface area contributed by atoms with Gasteiger partial charge in [-0.3, -0.25) is 4.90 Å². The van der Waals surface area contributed by atoms with E-state index in [-0.39, 0.29) is 11.6 Å². The van der Waals surface area contributed by atoms with E-state index >= 15 is 0 Å². The Bertz CT molecular complexity index is 1270. The molecule has 4 rings (SSSR count). The summed E-state index contributed by atoms with van der Waals surface area (Å²) in [5, 5.41) is 14.2. The second-order valence-electron chi connectivity index (χ2n) is 11.9. The van der Waals surface area contributed by atoms with Crippen molar-refractivity contribution in [3.63, 3.8) is 0 Å². The molecule has 3 aromatic carbocycles. The number of benzene rings is 3. The van der Waals surface area contributed by atoms with Crippen LogP contribution in [-0.4, -0.2) is 42.0 Å². The number of nitrogens with two attached hydrogens (primary N) is 1. The van der Waals surface area contributed by atoms with Gasteiger partial charge in [0.05, 0.1) is 12.3 Å². The summed E-state index contributed by atoms with van der Waals surface area (Å²) in [4.78, 5) is 14.4. The molecule has 4 N–H and O–H groups in total. The first-order chi connectivity index (χ1) is 19.7. The predicted molar refractivity (Wildman–Crippen MR) is 170 cm³/mol. The van der Waals surface area contributed by atoms with Gasteiger partial charge in [0.2, 0.25) is 0 Å². The van der Waals surface area contributed by atoms with Crippen LogP contribution in [-0.2, 0) is 6.42 Å². The largest absolute Gasteiger partial charge is 0.493 e. The number of nitrogens with one attached hydrogen (secondary N) is 1. The van der Waals surface area contributed by atoms with Gasteiger partial charge in [0, 0.05) is 23.2 Å². The summed E-state index contributed by atoms with van der Waals surface area (Å²) in [6.07, 6.45) is 8.42. The van der Waals surface area contributed by atoms with Crippen molar-refractivity contribution in [3.05, 3.63) is 90.0 Å². The van der Waals surface area contributed by atoms with Gasteiger partial charge in [0.15, 0.2) is 0 Å². The highest BCUT2D eigenvalue weighted by molar-refractivity contribution is 5.94. The van der Waals surface area contributed by atoms with Crippen LogP contribution >= 0.6 is 0 Å². The summed E-state index contributed by atoms with van der Waals surface area (Å²) >= 11 is 0. The molecule has 1 amide bonds. The molecule has 0 aromatic heterocycles.